The third kappa shape index (κ3) is 4.97. The van der Waals surface area contributed by atoms with E-state index in [1.807, 2.05) is 17.0 Å². The van der Waals surface area contributed by atoms with Gasteiger partial charge in [0.1, 0.15) is 5.75 Å². The van der Waals surface area contributed by atoms with Gasteiger partial charge in [0.15, 0.2) is 0 Å². The third-order valence-electron chi connectivity index (χ3n) is 7.70. The van der Waals surface area contributed by atoms with E-state index in [2.05, 4.69) is 20.2 Å². The number of carbonyl (C=O) groups is 1. The van der Waals surface area contributed by atoms with Crippen molar-refractivity contribution in [3.63, 3.8) is 0 Å². The Bertz CT molecular complexity index is 1650. The molecule has 214 valence electrons. The lowest BCUT2D eigenvalue weighted by atomic mass is 10.1. The quantitative estimate of drug-likeness (QED) is 0.350. The summed E-state index contributed by atoms with van der Waals surface area (Å²) in [4.78, 5) is 38.1. The molecule has 2 aliphatic rings. The number of piperazine rings is 1. The highest BCUT2D eigenvalue weighted by atomic mass is 19.3. The Hall–Kier alpha value is -4.52. The highest BCUT2D eigenvalue weighted by Crippen LogP contribution is 2.29. The number of aromatic nitrogens is 4. The maximum atomic E-state index is 13.2. The molecule has 0 radical (unpaired) electrons. The highest BCUT2D eigenvalue weighted by molar-refractivity contribution is 5.84. The average Bonchev–Trinajstić information content (AvgIpc) is 3.46. The van der Waals surface area contributed by atoms with Gasteiger partial charge in [0, 0.05) is 63.9 Å². The summed E-state index contributed by atoms with van der Waals surface area (Å²) in [6.45, 7) is -0.164. The molecule has 2 fully saturated rings. The van der Waals surface area contributed by atoms with Crippen LogP contribution in [0, 0.1) is 0 Å². The van der Waals surface area contributed by atoms with E-state index in [9.17, 15) is 18.4 Å². The first-order valence-corrected chi connectivity index (χ1v) is 13.2. The zero-order valence-corrected chi connectivity index (χ0v) is 22.6. The van der Waals surface area contributed by atoms with Crippen molar-refractivity contribution in [2.45, 2.75) is 25.8 Å². The number of hydrogen-bond donors (Lipinski definition) is 1. The molecule has 4 aromatic rings. The minimum Gasteiger partial charge on any atom is -0.434 e. The van der Waals surface area contributed by atoms with Gasteiger partial charge in [-0.3, -0.25) is 14.2 Å². The number of ether oxygens (including phenoxy) is 2. The van der Waals surface area contributed by atoms with Crippen molar-refractivity contribution in [2.24, 2.45) is 7.05 Å². The van der Waals surface area contributed by atoms with Crippen molar-refractivity contribution in [3.05, 3.63) is 70.3 Å². The number of urea groups is 1. The van der Waals surface area contributed by atoms with Gasteiger partial charge in [-0.1, -0.05) is 18.2 Å². The molecule has 2 aliphatic heterocycles. The van der Waals surface area contributed by atoms with Gasteiger partial charge >= 0.3 is 12.6 Å². The van der Waals surface area contributed by atoms with Gasteiger partial charge < -0.3 is 24.6 Å². The number of anilines is 1. The van der Waals surface area contributed by atoms with Gasteiger partial charge in [0.2, 0.25) is 5.95 Å². The Morgan fingerprint density at radius 2 is 1.90 bits per heavy atom. The molecule has 0 spiro atoms. The summed E-state index contributed by atoms with van der Waals surface area (Å²) in [5.41, 5.74) is 3.16. The number of alkyl halides is 2. The van der Waals surface area contributed by atoms with E-state index in [1.54, 1.807) is 42.3 Å². The van der Waals surface area contributed by atoms with Gasteiger partial charge in [-0.25, -0.2) is 14.8 Å². The van der Waals surface area contributed by atoms with E-state index < -0.39 is 6.61 Å². The normalized spacial score (nSPS) is 16.9. The molecule has 1 unspecified atom stereocenters. The second kappa shape index (κ2) is 10.8. The van der Waals surface area contributed by atoms with Crippen LogP contribution in [0.3, 0.4) is 0 Å². The predicted octanol–water partition coefficient (Wildman–Crippen LogP) is 2.81. The summed E-state index contributed by atoms with van der Waals surface area (Å²) in [6.07, 6.45) is 3.48. The number of nitrogens with zero attached hydrogens (tertiary/aromatic N) is 6. The van der Waals surface area contributed by atoms with Gasteiger partial charge in [-0.2, -0.15) is 8.78 Å². The molecule has 2 saturated heterocycles. The first-order chi connectivity index (χ1) is 19.8. The van der Waals surface area contributed by atoms with Crippen molar-refractivity contribution >= 4 is 22.9 Å². The minimum atomic E-state index is -2.99. The SMILES string of the molecule is COCc1cccc(OC(F)F)c1Cn1c2cc(-c3cnc(N4CCN5C(=O)NCC5C4)nc3)ccc2c(=O)n1C. The number of amides is 2. The number of carbonyl (C=O) groups excluding carboxylic acids is 1. The van der Waals surface area contributed by atoms with Gasteiger partial charge in [0.25, 0.3) is 5.56 Å². The number of benzene rings is 2. The van der Waals surface area contributed by atoms with Crippen molar-refractivity contribution in [1.29, 1.82) is 0 Å². The molecule has 1 atom stereocenters. The Morgan fingerprint density at radius 3 is 2.66 bits per heavy atom. The molecular weight excluding hydrogens is 536 g/mol. The van der Waals surface area contributed by atoms with Crippen molar-refractivity contribution in [2.75, 3.05) is 38.2 Å². The predicted molar refractivity (Wildman–Crippen MR) is 147 cm³/mol. The Balaban J connectivity index is 1.32. The zero-order valence-electron chi connectivity index (χ0n) is 22.6. The Morgan fingerprint density at radius 1 is 1.10 bits per heavy atom. The Labute approximate surface area is 233 Å². The summed E-state index contributed by atoms with van der Waals surface area (Å²) in [7, 11) is 3.16. The molecule has 0 aliphatic carbocycles. The van der Waals surface area contributed by atoms with Crippen LogP contribution in [0.15, 0.2) is 53.6 Å². The molecule has 1 N–H and O–H groups in total. The van der Waals surface area contributed by atoms with Gasteiger partial charge in [-0.05, 0) is 29.3 Å². The second-order valence-electron chi connectivity index (χ2n) is 10.1. The topological polar surface area (TPSA) is 107 Å². The van der Waals surface area contributed by atoms with Crippen molar-refractivity contribution < 1.29 is 23.0 Å². The summed E-state index contributed by atoms with van der Waals surface area (Å²) in [5.74, 6) is 0.620. The summed E-state index contributed by atoms with van der Waals surface area (Å²) >= 11 is 0. The molecule has 2 amide bonds. The van der Waals surface area contributed by atoms with Crippen LogP contribution in [0.4, 0.5) is 19.5 Å². The number of fused-ring (bicyclic) bond motifs is 2. The standard InChI is InChI=1S/C28H29F2N7O4/c1-34-25(38)21-7-6-17(19-11-31-27(32-12-19)35-8-9-36-20(14-35)13-33-28(36)39)10-23(21)37(34)15-22-18(16-40-2)4-3-5-24(22)41-26(29)30/h3-7,10-12,20,26H,8-9,13-16H2,1-2H3,(H,33,39). The summed E-state index contributed by atoms with van der Waals surface area (Å²) < 4.78 is 39.7. The van der Waals surface area contributed by atoms with E-state index in [1.165, 1.54) is 17.9 Å². The van der Waals surface area contributed by atoms with E-state index in [-0.39, 0.29) is 36.5 Å². The largest absolute Gasteiger partial charge is 0.434 e. The first-order valence-electron chi connectivity index (χ1n) is 13.2. The van der Waals surface area contributed by atoms with Crippen LogP contribution in [0.25, 0.3) is 22.0 Å². The maximum Gasteiger partial charge on any atom is 0.387 e. The third-order valence-corrected chi connectivity index (χ3v) is 7.70. The fourth-order valence-corrected chi connectivity index (χ4v) is 5.60. The molecule has 2 aromatic heterocycles. The van der Waals surface area contributed by atoms with Crippen molar-refractivity contribution in [3.8, 4) is 16.9 Å². The lowest BCUT2D eigenvalue weighted by Crippen LogP contribution is -2.52. The zero-order chi connectivity index (χ0) is 28.7. The molecule has 41 heavy (non-hydrogen) atoms. The van der Waals surface area contributed by atoms with Crippen LogP contribution < -0.4 is 20.5 Å². The minimum absolute atomic E-state index is 0.0272. The van der Waals surface area contributed by atoms with Crippen molar-refractivity contribution in [1.82, 2.24) is 29.5 Å². The number of hydrogen-bond acceptors (Lipinski definition) is 7. The molecule has 11 nitrogen and oxygen atoms in total. The van der Waals surface area contributed by atoms with Gasteiger partial charge in [0.05, 0.1) is 30.1 Å². The molecule has 4 heterocycles. The monoisotopic (exact) mass is 565 g/mol. The Kier molecular flexibility index (Phi) is 7.03. The fourth-order valence-electron chi connectivity index (χ4n) is 5.60. The molecule has 6 rings (SSSR count). The van der Waals surface area contributed by atoms with Crippen LogP contribution in [-0.2, 0) is 24.9 Å². The van der Waals surface area contributed by atoms with Gasteiger partial charge in [-0.15, -0.1) is 0 Å². The van der Waals surface area contributed by atoms with Crippen LogP contribution in [0.5, 0.6) is 5.75 Å². The van der Waals surface area contributed by atoms with Crippen LogP contribution in [-0.4, -0.2) is 76.2 Å². The summed E-state index contributed by atoms with van der Waals surface area (Å²) in [5, 5.41) is 3.36. The molecule has 2 aromatic carbocycles. The van der Waals surface area contributed by atoms with E-state index >= 15 is 0 Å². The number of nitrogens with one attached hydrogen (secondary N) is 1. The molecule has 0 saturated carbocycles. The number of rotatable bonds is 8. The molecule has 0 bridgehead atoms. The molecule has 13 heteroatoms. The number of methoxy groups -OCH3 is 1. The van der Waals surface area contributed by atoms with E-state index in [0.29, 0.717) is 54.2 Å². The van der Waals surface area contributed by atoms with Crippen LogP contribution in [0.1, 0.15) is 11.1 Å². The van der Waals surface area contributed by atoms with E-state index in [4.69, 9.17) is 9.47 Å². The highest BCUT2D eigenvalue weighted by Gasteiger charge is 2.36. The molecular formula is C28H29F2N7O4. The smallest absolute Gasteiger partial charge is 0.387 e. The number of halogens is 2. The summed E-state index contributed by atoms with van der Waals surface area (Å²) in [6, 6.07) is 10.4. The maximum absolute atomic E-state index is 13.2. The lowest BCUT2D eigenvalue weighted by Gasteiger charge is -2.36. The fraction of sp³-hybridized carbons (Fsp3) is 0.357. The van der Waals surface area contributed by atoms with Crippen LogP contribution >= 0.6 is 0 Å². The first kappa shape index (κ1) is 26.7. The second-order valence-corrected chi connectivity index (χ2v) is 10.1. The lowest BCUT2D eigenvalue weighted by molar-refractivity contribution is -0.0506. The average molecular weight is 566 g/mol. The van der Waals surface area contributed by atoms with E-state index in [0.717, 1.165) is 11.1 Å². The van der Waals surface area contributed by atoms with Crippen LogP contribution in [0.2, 0.25) is 0 Å².